The largest absolute Gasteiger partial charge is 0.480 e. The van der Waals surface area contributed by atoms with Gasteiger partial charge in [-0.05, 0) is 24.3 Å². The lowest BCUT2D eigenvalue weighted by atomic mass is 10.3. The van der Waals surface area contributed by atoms with E-state index in [1.165, 1.54) is 22.8 Å². The minimum absolute atomic E-state index is 0.155. The highest BCUT2D eigenvalue weighted by atomic mass is 35.5. The fourth-order valence-electron chi connectivity index (χ4n) is 1.98. The van der Waals surface area contributed by atoms with E-state index in [4.69, 9.17) is 21.4 Å². The van der Waals surface area contributed by atoms with Crippen molar-refractivity contribution in [3.8, 4) is 5.69 Å². The van der Waals surface area contributed by atoms with Crippen LogP contribution in [0.15, 0.2) is 36.5 Å². The smallest absolute Gasteiger partial charge is 0.323 e. The monoisotopic (exact) mass is 337 g/mol. The Hall–Kier alpha value is -2.38. The molecule has 0 atom stereocenters. The first-order chi connectivity index (χ1) is 11.0. The highest BCUT2D eigenvalue weighted by Crippen LogP contribution is 2.15. The third kappa shape index (κ3) is 4.54. The molecule has 0 bridgehead atoms. The molecule has 1 amide bonds. The molecule has 0 unspecified atom stereocenters. The molecule has 0 fully saturated rings. The third-order valence-electron chi connectivity index (χ3n) is 3.06. The van der Waals surface area contributed by atoms with Crippen LogP contribution in [0.3, 0.4) is 0 Å². The lowest BCUT2D eigenvalue weighted by Crippen LogP contribution is -2.38. The van der Waals surface area contributed by atoms with E-state index < -0.39 is 18.4 Å². The van der Waals surface area contributed by atoms with Crippen molar-refractivity contribution in [2.75, 3.05) is 26.8 Å². The van der Waals surface area contributed by atoms with Gasteiger partial charge in [0.05, 0.1) is 12.3 Å². The van der Waals surface area contributed by atoms with Gasteiger partial charge in [0.2, 0.25) is 0 Å². The summed E-state index contributed by atoms with van der Waals surface area (Å²) in [5.74, 6) is -1.56. The minimum Gasteiger partial charge on any atom is -0.480 e. The number of carboxylic acid groups (broad SMARTS) is 1. The zero-order chi connectivity index (χ0) is 16.8. The van der Waals surface area contributed by atoms with Crippen molar-refractivity contribution in [2.45, 2.75) is 0 Å². The first kappa shape index (κ1) is 17.0. The number of hydrogen-bond acceptors (Lipinski definition) is 4. The molecular formula is C15H16ClN3O4. The van der Waals surface area contributed by atoms with Gasteiger partial charge in [0, 0.05) is 24.9 Å². The van der Waals surface area contributed by atoms with Crippen LogP contribution in [0.4, 0.5) is 0 Å². The van der Waals surface area contributed by atoms with E-state index in [2.05, 4.69) is 5.10 Å². The number of nitrogens with zero attached hydrogens (tertiary/aromatic N) is 3. The van der Waals surface area contributed by atoms with Gasteiger partial charge in [0.25, 0.3) is 5.91 Å². The second-order valence-electron chi connectivity index (χ2n) is 4.74. The molecule has 1 aromatic carbocycles. The molecule has 0 radical (unpaired) electrons. The second kappa shape index (κ2) is 7.75. The summed E-state index contributed by atoms with van der Waals surface area (Å²) in [6.45, 7) is 0.00585. The van der Waals surface area contributed by atoms with E-state index in [1.54, 1.807) is 30.5 Å². The number of hydrogen-bond donors (Lipinski definition) is 1. The number of rotatable bonds is 7. The van der Waals surface area contributed by atoms with Gasteiger partial charge in [-0.25, -0.2) is 4.68 Å². The summed E-state index contributed by atoms with van der Waals surface area (Å²) < 4.78 is 6.41. The Morgan fingerprint density at radius 3 is 2.83 bits per heavy atom. The van der Waals surface area contributed by atoms with Gasteiger partial charge in [-0.2, -0.15) is 5.10 Å². The molecule has 7 nitrogen and oxygen atoms in total. The number of halogens is 1. The molecule has 8 heteroatoms. The maximum Gasteiger partial charge on any atom is 0.323 e. The molecule has 1 N–H and O–H groups in total. The van der Waals surface area contributed by atoms with Crippen LogP contribution in [0, 0.1) is 0 Å². The quantitative estimate of drug-likeness (QED) is 0.831. The topological polar surface area (TPSA) is 84.7 Å². The Kier molecular flexibility index (Phi) is 5.72. The number of amides is 1. The summed E-state index contributed by atoms with van der Waals surface area (Å²) in [5, 5.41) is 13.7. The van der Waals surface area contributed by atoms with Crippen molar-refractivity contribution in [3.05, 3.63) is 47.2 Å². The summed E-state index contributed by atoms with van der Waals surface area (Å²) in [6, 6.07) is 8.55. The van der Waals surface area contributed by atoms with Gasteiger partial charge in [0.15, 0.2) is 5.69 Å². The van der Waals surface area contributed by atoms with Crippen molar-refractivity contribution in [3.63, 3.8) is 0 Å². The Bertz CT molecular complexity index is 702. The Labute approximate surface area is 138 Å². The fourth-order valence-corrected chi connectivity index (χ4v) is 2.16. The lowest BCUT2D eigenvalue weighted by molar-refractivity contribution is -0.137. The highest BCUT2D eigenvalue weighted by Gasteiger charge is 2.20. The van der Waals surface area contributed by atoms with Gasteiger partial charge in [0.1, 0.15) is 6.54 Å². The second-order valence-corrected chi connectivity index (χ2v) is 5.18. The van der Waals surface area contributed by atoms with E-state index >= 15 is 0 Å². The lowest BCUT2D eigenvalue weighted by Gasteiger charge is -2.18. The molecule has 2 aromatic rings. The van der Waals surface area contributed by atoms with Crippen LogP contribution < -0.4 is 0 Å². The van der Waals surface area contributed by atoms with E-state index in [1.807, 2.05) is 0 Å². The molecule has 0 aliphatic heterocycles. The molecule has 0 aliphatic carbocycles. The van der Waals surface area contributed by atoms with Crippen LogP contribution in [0.2, 0.25) is 5.02 Å². The standard InChI is InChI=1S/C15H16ClN3O4/c1-23-8-7-18(10-14(20)21)15(22)13-5-6-19(17-13)12-4-2-3-11(16)9-12/h2-6,9H,7-8,10H2,1H3,(H,20,21). The Balaban J connectivity index is 2.19. The van der Waals surface area contributed by atoms with Crippen LogP contribution in [-0.2, 0) is 9.53 Å². The van der Waals surface area contributed by atoms with Crippen LogP contribution >= 0.6 is 11.6 Å². The Morgan fingerprint density at radius 1 is 1.39 bits per heavy atom. The average molecular weight is 338 g/mol. The van der Waals surface area contributed by atoms with Crippen molar-refractivity contribution < 1.29 is 19.4 Å². The molecule has 0 saturated carbocycles. The first-order valence-electron chi connectivity index (χ1n) is 6.83. The normalized spacial score (nSPS) is 10.5. The molecule has 0 saturated heterocycles. The summed E-state index contributed by atoms with van der Waals surface area (Å²) in [4.78, 5) is 24.5. The number of carbonyl (C=O) groups excluding carboxylic acids is 1. The van der Waals surface area contributed by atoms with Gasteiger partial charge in [-0.1, -0.05) is 17.7 Å². The van der Waals surface area contributed by atoms with Crippen molar-refractivity contribution in [2.24, 2.45) is 0 Å². The van der Waals surface area contributed by atoms with Gasteiger partial charge >= 0.3 is 5.97 Å². The fraction of sp³-hybridized carbons (Fsp3) is 0.267. The minimum atomic E-state index is -1.09. The highest BCUT2D eigenvalue weighted by molar-refractivity contribution is 6.30. The third-order valence-corrected chi connectivity index (χ3v) is 3.29. The Morgan fingerprint density at radius 2 is 2.17 bits per heavy atom. The number of aliphatic carboxylic acids is 1. The zero-order valence-corrected chi connectivity index (χ0v) is 13.2. The number of carbonyl (C=O) groups is 2. The number of methoxy groups -OCH3 is 1. The molecule has 23 heavy (non-hydrogen) atoms. The summed E-state index contributed by atoms with van der Waals surface area (Å²) >= 11 is 5.93. The molecular weight excluding hydrogens is 322 g/mol. The van der Waals surface area contributed by atoms with E-state index in [9.17, 15) is 9.59 Å². The molecule has 0 aliphatic rings. The van der Waals surface area contributed by atoms with Crippen molar-refractivity contribution in [1.29, 1.82) is 0 Å². The van der Waals surface area contributed by atoms with Crippen LogP contribution in [0.1, 0.15) is 10.5 Å². The summed E-state index contributed by atoms with van der Waals surface area (Å²) in [5.41, 5.74) is 0.862. The predicted molar refractivity (Wildman–Crippen MR) is 84.0 cm³/mol. The van der Waals surface area contributed by atoms with Crippen LogP contribution in [0.5, 0.6) is 0 Å². The molecule has 1 heterocycles. The maximum absolute atomic E-state index is 12.4. The van der Waals surface area contributed by atoms with Crippen molar-refractivity contribution >= 4 is 23.5 Å². The molecule has 1 aromatic heterocycles. The SMILES string of the molecule is COCCN(CC(=O)O)C(=O)c1ccn(-c2cccc(Cl)c2)n1. The van der Waals surface area contributed by atoms with Crippen molar-refractivity contribution in [1.82, 2.24) is 14.7 Å². The number of carboxylic acids is 1. The average Bonchev–Trinajstić information content (AvgIpc) is 3.00. The molecule has 0 spiro atoms. The van der Waals surface area contributed by atoms with Gasteiger partial charge in [-0.3, -0.25) is 9.59 Å². The van der Waals surface area contributed by atoms with Gasteiger partial charge < -0.3 is 14.7 Å². The van der Waals surface area contributed by atoms with E-state index in [0.717, 1.165) is 0 Å². The predicted octanol–water partition coefficient (Wildman–Crippen LogP) is 1.70. The van der Waals surface area contributed by atoms with Crippen LogP contribution in [-0.4, -0.2) is 58.5 Å². The van der Waals surface area contributed by atoms with Gasteiger partial charge in [-0.15, -0.1) is 0 Å². The molecule has 2 rings (SSSR count). The summed E-state index contributed by atoms with van der Waals surface area (Å²) in [6.07, 6.45) is 1.62. The zero-order valence-electron chi connectivity index (χ0n) is 12.5. The van der Waals surface area contributed by atoms with Crippen LogP contribution in [0.25, 0.3) is 5.69 Å². The maximum atomic E-state index is 12.4. The summed E-state index contributed by atoms with van der Waals surface area (Å²) in [7, 11) is 1.48. The van der Waals surface area contributed by atoms with E-state index in [0.29, 0.717) is 10.7 Å². The number of aromatic nitrogens is 2. The molecule has 122 valence electrons. The number of ether oxygens (including phenoxy) is 1. The van der Waals surface area contributed by atoms with E-state index in [-0.39, 0.29) is 18.8 Å². The number of benzene rings is 1. The first-order valence-corrected chi connectivity index (χ1v) is 7.20.